The molecule has 0 saturated heterocycles. The van der Waals surface area contributed by atoms with Crippen molar-refractivity contribution in [2.24, 2.45) is 0 Å². The molecule has 0 radical (unpaired) electrons. The van der Waals surface area contributed by atoms with Crippen molar-refractivity contribution >= 4 is 28.9 Å². The molecular weight excluding hydrogens is 317 g/mol. The number of hydrogen-bond acceptors (Lipinski definition) is 4. The summed E-state index contributed by atoms with van der Waals surface area (Å²) in [6.07, 6.45) is -0.739. The average Bonchev–Trinajstić information content (AvgIpc) is 2.42. The Labute approximate surface area is 130 Å². The first-order chi connectivity index (χ1) is 9.90. The Morgan fingerprint density at radius 2 is 1.81 bits per heavy atom. The van der Waals surface area contributed by atoms with E-state index in [9.17, 15) is 15.2 Å². The third-order valence-electron chi connectivity index (χ3n) is 2.77. The van der Waals surface area contributed by atoms with Gasteiger partial charge in [-0.1, -0.05) is 41.4 Å². The number of benzene rings is 2. The zero-order valence-corrected chi connectivity index (χ0v) is 12.4. The Morgan fingerprint density at radius 3 is 2.33 bits per heavy atom. The predicted octanol–water partition coefficient (Wildman–Crippen LogP) is 4.75. The van der Waals surface area contributed by atoms with Crippen LogP contribution >= 0.6 is 23.2 Å². The molecule has 2 rings (SSSR count). The number of aliphatic hydroxyl groups excluding tert-OH is 1. The van der Waals surface area contributed by atoms with Crippen molar-refractivity contribution in [3.05, 3.63) is 62.1 Å². The molecule has 2 aromatic carbocycles. The lowest BCUT2D eigenvalue weighted by Crippen LogP contribution is -1.97. The summed E-state index contributed by atoms with van der Waals surface area (Å²) in [5.74, 6) is 0.488. The van der Waals surface area contributed by atoms with Crippen LogP contribution in [0.2, 0.25) is 10.0 Å². The molecule has 2 aromatic rings. The van der Waals surface area contributed by atoms with Gasteiger partial charge in [0.1, 0.15) is 5.75 Å². The molecule has 1 N–H and O–H groups in total. The Balaban J connectivity index is 2.43. The summed E-state index contributed by atoms with van der Waals surface area (Å²) in [5.41, 5.74) is 0.337. The van der Waals surface area contributed by atoms with E-state index in [4.69, 9.17) is 27.9 Å². The van der Waals surface area contributed by atoms with Crippen LogP contribution in [-0.4, -0.2) is 10.0 Å². The molecule has 1 atom stereocenters. The highest BCUT2D eigenvalue weighted by molar-refractivity contribution is 6.37. The first-order valence-corrected chi connectivity index (χ1v) is 6.74. The minimum atomic E-state index is -0.739. The Morgan fingerprint density at radius 1 is 1.24 bits per heavy atom. The zero-order valence-electron chi connectivity index (χ0n) is 10.9. The number of hydrogen-bond donors (Lipinski definition) is 1. The second-order valence-corrected chi connectivity index (χ2v) is 5.13. The Hall–Kier alpha value is -1.82. The molecule has 0 aromatic heterocycles. The van der Waals surface area contributed by atoms with Crippen LogP contribution in [0.15, 0.2) is 36.4 Å². The van der Waals surface area contributed by atoms with E-state index in [0.717, 1.165) is 12.1 Å². The van der Waals surface area contributed by atoms with Crippen molar-refractivity contribution in [2.45, 2.75) is 13.0 Å². The van der Waals surface area contributed by atoms with E-state index in [1.54, 1.807) is 31.2 Å². The molecule has 0 bridgehead atoms. The minimum absolute atomic E-state index is 0.0228. The van der Waals surface area contributed by atoms with Gasteiger partial charge in [-0.25, -0.2) is 0 Å². The molecule has 0 aliphatic heterocycles. The van der Waals surface area contributed by atoms with E-state index in [2.05, 4.69) is 0 Å². The third kappa shape index (κ3) is 3.44. The van der Waals surface area contributed by atoms with Crippen LogP contribution in [0.5, 0.6) is 11.5 Å². The van der Waals surface area contributed by atoms with E-state index in [-0.39, 0.29) is 21.5 Å². The van der Waals surface area contributed by atoms with Crippen LogP contribution in [0.1, 0.15) is 18.6 Å². The summed E-state index contributed by atoms with van der Waals surface area (Å²) >= 11 is 12.0. The number of non-ortho nitro benzene ring substituents is 1. The van der Waals surface area contributed by atoms with Crippen LogP contribution in [0.25, 0.3) is 0 Å². The molecule has 0 aliphatic rings. The number of nitrogens with zero attached hydrogens (tertiary/aromatic N) is 1. The Bertz CT molecular complexity index is 665. The van der Waals surface area contributed by atoms with E-state index in [1.165, 1.54) is 0 Å². The van der Waals surface area contributed by atoms with Gasteiger partial charge in [0.2, 0.25) is 0 Å². The van der Waals surface area contributed by atoms with E-state index >= 15 is 0 Å². The summed E-state index contributed by atoms with van der Waals surface area (Å²) in [5, 5.41) is 20.5. The van der Waals surface area contributed by atoms with Crippen molar-refractivity contribution in [2.75, 3.05) is 0 Å². The largest absolute Gasteiger partial charge is 0.454 e. The standard InChI is InChI=1S/C14H11Cl2NO4/c1-8(18)10-4-2-3-5-13(10)21-14-11(15)6-9(17(19)20)7-12(14)16/h2-8,18H,1H3/t8-/m0/s1. The van der Waals surface area contributed by atoms with E-state index in [0.29, 0.717) is 11.3 Å². The molecule has 0 unspecified atom stereocenters. The second kappa shape index (κ2) is 6.30. The molecular formula is C14H11Cl2NO4. The number of ether oxygens (including phenoxy) is 1. The first kappa shape index (κ1) is 15.6. The van der Waals surface area contributed by atoms with Crippen LogP contribution < -0.4 is 4.74 Å². The summed E-state index contributed by atoms with van der Waals surface area (Å²) in [6, 6.07) is 9.16. The van der Waals surface area contributed by atoms with Gasteiger partial charge in [-0.15, -0.1) is 0 Å². The van der Waals surface area contributed by atoms with E-state index < -0.39 is 11.0 Å². The Kier molecular flexibility index (Phi) is 4.67. The maximum atomic E-state index is 10.7. The fourth-order valence-corrected chi connectivity index (χ4v) is 2.33. The summed E-state index contributed by atoms with van der Waals surface area (Å²) < 4.78 is 5.62. The number of nitro groups is 1. The first-order valence-electron chi connectivity index (χ1n) is 5.98. The second-order valence-electron chi connectivity index (χ2n) is 4.31. The zero-order chi connectivity index (χ0) is 15.6. The van der Waals surface area contributed by atoms with Crippen molar-refractivity contribution in [3.63, 3.8) is 0 Å². The van der Waals surface area contributed by atoms with Gasteiger partial charge in [-0.2, -0.15) is 0 Å². The van der Waals surface area contributed by atoms with Crippen LogP contribution in [-0.2, 0) is 0 Å². The van der Waals surface area contributed by atoms with Crippen molar-refractivity contribution in [3.8, 4) is 11.5 Å². The van der Waals surface area contributed by atoms with Gasteiger partial charge in [-0.05, 0) is 13.0 Å². The van der Waals surface area contributed by atoms with Gasteiger partial charge < -0.3 is 9.84 Å². The molecule has 7 heteroatoms. The van der Waals surface area contributed by atoms with Gasteiger partial charge in [0.05, 0.1) is 21.1 Å². The average molecular weight is 328 g/mol. The molecule has 5 nitrogen and oxygen atoms in total. The van der Waals surface area contributed by atoms with Crippen LogP contribution in [0, 0.1) is 10.1 Å². The molecule has 0 aliphatic carbocycles. The van der Waals surface area contributed by atoms with Gasteiger partial charge in [-0.3, -0.25) is 10.1 Å². The van der Waals surface area contributed by atoms with Gasteiger partial charge in [0.15, 0.2) is 5.75 Å². The van der Waals surface area contributed by atoms with Crippen molar-refractivity contribution < 1.29 is 14.8 Å². The maximum absolute atomic E-state index is 10.7. The monoisotopic (exact) mass is 327 g/mol. The molecule has 21 heavy (non-hydrogen) atoms. The third-order valence-corrected chi connectivity index (χ3v) is 3.34. The van der Waals surface area contributed by atoms with E-state index in [1.807, 2.05) is 0 Å². The SMILES string of the molecule is C[C@H](O)c1ccccc1Oc1c(Cl)cc([N+](=O)[O-])cc1Cl. The fraction of sp³-hybridized carbons (Fsp3) is 0.143. The molecule has 0 heterocycles. The van der Waals surface area contributed by atoms with Gasteiger partial charge in [0, 0.05) is 17.7 Å². The summed E-state index contributed by atoms with van der Waals surface area (Å²) in [4.78, 5) is 10.1. The highest BCUT2D eigenvalue weighted by Gasteiger charge is 2.18. The normalized spacial score (nSPS) is 12.0. The van der Waals surface area contributed by atoms with Crippen molar-refractivity contribution in [1.82, 2.24) is 0 Å². The molecule has 0 spiro atoms. The highest BCUT2D eigenvalue weighted by Crippen LogP contribution is 2.40. The predicted molar refractivity (Wildman–Crippen MR) is 80.3 cm³/mol. The number of nitro benzene ring substituents is 1. The van der Waals surface area contributed by atoms with Crippen LogP contribution in [0.4, 0.5) is 5.69 Å². The topological polar surface area (TPSA) is 72.6 Å². The van der Waals surface area contributed by atoms with Crippen molar-refractivity contribution in [1.29, 1.82) is 0 Å². The summed E-state index contributed by atoms with van der Waals surface area (Å²) in [6.45, 7) is 1.60. The molecule has 0 amide bonds. The molecule has 0 saturated carbocycles. The number of para-hydroxylation sites is 1. The lowest BCUT2D eigenvalue weighted by atomic mass is 10.1. The number of rotatable bonds is 4. The van der Waals surface area contributed by atoms with Gasteiger partial charge >= 0.3 is 0 Å². The maximum Gasteiger partial charge on any atom is 0.272 e. The quantitative estimate of drug-likeness (QED) is 0.649. The molecule has 110 valence electrons. The number of halogens is 2. The van der Waals surface area contributed by atoms with Crippen LogP contribution in [0.3, 0.4) is 0 Å². The highest BCUT2D eigenvalue weighted by atomic mass is 35.5. The molecule has 0 fully saturated rings. The smallest absolute Gasteiger partial charge is 0.272 e. The summed E-state index contributed by atoms with van der Waals surface area (Å²) in [7, 11) is 0. The minimum Gasteiger partial charge on any atom is -0.454 e. The lowest BCUT2D eigenvalue weighted by Gasteiger charge is -2.14. The van der Waals surface area contributed by atoms with Gasteiger partial charge in [0.25, 0.3) is 5.69 Å². The fourth-order valence-electron chi connectivity index (χ4n) is 1.78. The number of aliphatic hydroxyl groups is 1. The lowest BCUT2D eigenvalue weighted by molar-refractivity contribution is -0.384.